The van der Waals surface area contributed by atoms with E-state index in [4.69, 9.17) is 10.8 Å². The maximum Gasteiger partial charge on any atom is 0.322 e. The molecule has 0 saturated heterocycles. The summed E-state index contributed by atoms with van der Waals surface area (Å²) in [6.45, 7) is 2.25. The van der Waals surface area contributed by atoms with Crippen LogP contribution in [-0.4, -0.2) is 52.7 Å². The first-order valence-electron chi connectivity index (χ1n) is 4.97. The lowest BCUT2D eigenvalue weighted by molar-refractivity contribution is -0.138. The van der Waals surface area contributed by atoms with Gasteiger partial charge < -0.3 is 26.6 Å². The number of carboxylic acid groups (broad SMARTS) is 1. The summed E-state index contributed by atoms with van der Waals surface area (Å²) < 4.78 is 0. The Bertz CT molecular complexity index is 305. The summed E-state index contributed by atoms with van der Waals surface area (Å²) in [5, 5.41) is 22.2. The van der Waals surface area contributed by atoms with Crippen molar-refractivity contribution < 1.29 is 24.6 Å². The number of nitrogens with one attached hydrogen (secondary N) is 2. The number of carboxylic acids is 1. The van der Waals surface area contributed by atoms with Gasteiger partial charge in [0, 0.05) is 13.5 Å². The van der Waals surface area contributed by atoms with Gasteiger partial charge in [-0.1, -0.05) is 0 Å². The summed E-state index contributed by atoms with van der Waals surface area (Å²) in [6.07, 6.45) is -1.10. The fourth-order valence-corrected chi connectivity index (χ4v) is 1.03. The van der Waals surface area contributed by atoms with Crippen LogP contribution in [-0.2, 0) is 14.4 Å². The second-order valence-corrected chi connectivity index (χ2v) is 3.61. The smallest absolute Gasteiger partial charge is 0.322 e. The van der Waals surface area contributed by atoms with E-state index >= 15 is 0 Å². The fraction of sp³-hybridized carbons (Fsp3) is 0.667. The van der Waals surface area contributed by atoms with Gasteiger partial charge in [-0.05, 0) is 6.92 Å². The van der Waals surface area contributed by atoms with Crippen molar-refractivity contribution in [2.45, 2.75) is 32.0 Å². The van der Waals surface area contributed by atoms with Gasteiger partial charge in [0.05, 0.1) is 6.10 Å². The third kappa shape index (κ3) is 5.83. The van der Waals surface area contributed by atoms with Crippen molar-refractivity contribution >= 4 is 17.8 Å². The molecule has 0 radical (unpaired) electrons. The van der Waals surface area contributed by atoms with Gasteiger partial charge in [0.1, 0.15) is 12.1 Å². The molecule has 6 N–H and O–H groups in total. The number of carbonyl (C=O) groups excluding carboxylic acids is 2. The van der Waals surface area contributed by atoms with E-state index in [1.54, 1.807) is 0 Å². The summed E-state index contributed by atoms with van der Waals surface area (Å²) in [5.41, 5.74) is 5.18. The third-order valence-corrected chi connectivity index (χ3v) is 1.94. The summed E-state index contributed by atoms with van der Waals surface area (Å²) in [7, 11) is 0. The molecule has 98 valence electrons. The largest absolute Gasteiger partial charge is 0.480 e. The highest BCUT2D eigenvalue weighted by molar-refractivity contribution is 5.87. The number of rotatable bonds is 6. The number of carbonyl (C=O) groups is 3. The van der Waals surface area contributed by atoms with E-state index in [1.165, 1.54) is 13.8 Å². The van der Waals surface area contributed by atoms with Crippen LogP contribution in [0.4, 0.5) is 0 Å². The number of aliphatic carboxylic acids is 1. The second kappa shape index (κ2) is 6.81. The predicted molar refractivity (Wildman–Crippen MR) is 57.9 cm³/mol. The Kier molecular flexibility index (Phi) is 6.15. The van der Waals surface area contributed by atoms with E-state index in [9.17, 15) is 19.5 Å². The Morgan fingerprint density at radius 3 is 2.24 bits per heavy atom. The minimum Gasteiger partial charge on any atom is -0.480 e. The van der Waals surface area contributed by atoms with Gasteiger partial charge in [0.2, 0.25) is 11.8 Å². The molecule has 0 aromatic heterocycles. The highest BCUT2D eigenvalue weighted by Crippen LogP contribution is 1.93. The van der Waals surface area contributed by atoms with Crippen LogP contribution in [0.25, 0.3) is 0 Å². The fourth-order valence-electron chi connectivity index (χ4n) is 1.03. The first-order chi connectivity index (χ1) is 7.75. The van der Waals surface area contributed by atoms with E-state index in [1.807, 2.05) is 0 Å². The molecule has 8 heteroatoms. The van der Waals surface area contributed by atoms with Crippen LogP contribution in [0.5, 0.6) is 0 Å². The van der Waals surface area contributed by atoms with Gasteiger partial charge >= 0.3 is 5.97 Å². The van der Waals surface area contributed by atoms with Crippen molar-refractivity contribution in [3.8, 4) is 0 Å². The molecule has 0 unspecified atom stereocenters. The topological polar surface area (TPSA) is 142 Å². The average molecular weight is 247 g/mol. The molecule has 0 aromatic carbocycles. The molecule has 0 spiro atoms. The predicted octanol–water partition coefficient (Wildman–Crippen LogP) is -2.60. The number of nitrogens with two attached hydrogens (primary N) is 1. The standard InChI is InChI=1S/C9H17N3O5/c1-4(13)7(12-5(2)14)8(15)11-3-6(10)9(16)17/h4,6-7,13H,3,10H2,1-2H3,(H,11,15)(H,12,14)(H,16,17)/t4-,6+,7+/m1/s1. The molecule has 3 atom stereocenters. The maximum absolute atomic E-state index is 11.5. The lowest BCUT2D eigenvalue weighted by Crippen LogP contribution is -2.54. The van der Waals surface area contributed by atoms with Crippen LogP contribution < -0.4 is 16.4 Å². The van der Waals surface area contributed by atoms with Crippen molar-refractivity contribution in [3.63, 3.8) is 0 Å². The number of aliphatic hydroxyl groups excluding tert-OH is 1. The lowest BCUT2D eigenvalue weighted by atomic mass is 10.1. The molecule has 8 nitrogen and oxygen atoms in total. The van der Waals surface area contributed by atoms with Crippen molar-refractivity contribution in [3.05, 3.63) is 0 Å². The zero-order valence-electron chi connectivity index (χ0n) is 9.64. The summed E-state index contributed by atoms with van der Waals surface area (Å²) in [6, 6.07) is -2.36. The Hall–Kier alpha value is -1.67. The highest BCUT2D eigenvalue weighted by Gasteiger charge is 2.25. The first kappa shape index (κ1) is 15.3. The second-order valence-electron chi connectivity index (χ2n) is 3.61. The van der Waals surface area contributed by atoms with E-state index in [0.717, 1.165) is 0 Å². The van der Waals surface area contributed by atoms with Crippen molar-refractivity contribution in [2.75, 3.05) is 6.54 Å². The Labute approximate surface area is 98.2 Å². The summed E-state index contributed by atoms with van der Waals surface area (Å²) in [4.78, 5) is 32.7. The molecule has 0 bridgehead atoms. The van der Waals surface area contributed by atoms with Crippen LogP contribution in [0, 0.1) is 0 Å². The Balaban J connectivity index is 4.33. The third-order valence-electron chi connectivity index (χ3n) is 1.94. The molecule has 2 amide bonds. The molecule has 17 heavy (non-hydrogen) atoms. The number of amides is 2. The number of hydrogen-bond acceptors (Lipinski definition) is 5. The molecule has 0 aromatic rings. The number of hydrogen-bond donors (Lipinski definition) is 5. The summed E-state index contributed by atoms with van der Waals surface area (Å²) in [5.74, 6) is -2.42. The maximum atomic E-state index is 11.5. The first-order valence-corrected chi connectivity index (χ1v) is 4.97. The molecule has 0 aliphatic heterocycles. The Morgan fingerprint density at radius 2 is 1.88 bits per heavy atom. The zero-order chi connectivity index (χ0) is 13.6. The van der Waals surface area contributed by atoms with E-state index in [0.29, 0.717) is 0 Å². The van der Waals surface area contributed by atoms with Gasteiger partial charge in [-0.3, -0.25) is 14.4 Å². The highest BCUT2D eigenvalue weighted by atomic mass is 16.4. The van der Waals surface area contributed by atoms with Crippen molar-refractivity contribution in [2.24, 2.45) is 5.73 Å². The molecule has 0 heterocycles. The van der Waals surface area contributed by atoms with Gasteiger partial charge in [-0.15, -0.1) is 0 Å². The summed E-state index contributed by atoms with van der Waals surface area (Å²) >= 11 is 0. The Morgan fingerprint density at radius 1 is 1.35 bits per heavy atom. The van der Waals surface area contributed by atoms with E-state index in [-0.39, 0.29) is 6.54 Å². The quantitative estimate of drug-likeness (QED) is 0.348. The monoisotopic (exact) mass is 247 g/mol. The van der Waals surface area contributed by atoms with E-state index < -0.39 is 36.0 Å². The zero-order valence-corrected chi connectivity index (χ0v) is 9.64. The van der Waals surface area contributed by atoms with Crippen molar-refractivity contribution in [1.82, 2.24) is 10.6 Å². The van der Waals surface area contributed by atoms with Gasteiger partial charge in [0.15, 0.2) is 0 Å². The van der Waals surface area contributed by atoms with Crippen LogP contribution >= 0.6 is 0 Å². The van der Waals surface area contributed by atoms with Crippen LogP contribution in [0.2, 0.25) is 0 Å². The minimum absolute atomic E-state index is 0.281. The van der Waals surface area contributed by atoms with Gasteiger partial charge in [0.25, 0.3) is 0 Å². The van der Waals surface area contributed by atoms with Crippen LogP contribution in [0.15, 0.2) is 0 Å². The minimum atomic E-state index is -1.25. The van der Waals surface area contributed by atoms with Crippen LogP contribution in [0.3, 0.4) is 0 Å². The molecule has 0 fully saturated rings. The lowest BCUT2D eigenvalue weighted by Gasteiger charge is -2.20. The molecular weight excluding hydrogens is 230 g/mol. The molecule has 0 aliphatic rings. The van der Waals surface area contributed by atoms with Crippen molar-refractivity contribution in [1.29, 1.82) is 0 Å². The number of aliphatic hydroxyl groups is 1. The average Bonchev–Trinajstić information content (AvgIpc) is 2.21. The molecule has 0 aliphatic carbocycles. The van der Waals surface area contributed by atoms with Gasteiger partial charge in [-0.25, -0.2) is 0 Å². The molecule has 0 rings (SSSR count). The van der Waals surface area contributed by atoms with Crippen LogP contribution in [0.1, 0.15) is 13.8 Å². The van der Waals surface area contributed by atoms with Gasteiger partial charge in [-0.2, -0.15) is 0 Å². The molecule has 0 saturated carbocycles. The SMILES string of the molecule is CC(=O)N[C@H](C(=O)NC[C@H](N)C(=O)O)[C@@H](C)O. The molecular formula is C9H17N3O5. The van der Waals surface area contributed by atoms with E-state index in [2.05, 4.69) is 10.6 Å². The normalized spacial score (nSPS) is 15.5.